The van der Waals surface area contributed by atoms with E-state index in [-0.39, 0.29) is 5.91 Å². The average molecular weight is 299 g/mol. The number of nitrogens with one attached hydrogen (secondary N) is 1. The Hall–Kier alpha value is -1.01. The summed E-state index contributed by atoms with van der Waals surface area (Å²) in [6.45, 7) is 0. The van der Waals surface area contributed by atoms with Gasteiger partial charge in [-0.15, -0.1) is 23.1 Å². The molecule has 6 heteroatoms. The number of halogens is 1. The average Bonchev–Trinajstić information content (AvgIpc) is 2.86. The smallest absolute Gasteiger partial charge is 0.275 e. The van der Waals surface area contributed by atoms with Gasteiger partial charge in [-0.05, 0) is 24.3 Å². The number of nitrogen functional groups attached to an aromatic ring is 1. The highest BCUT2D eigenvalue weighted by Gasteiger charge is 2.08. The first-order valence-corrected chi connectivity index (χ1v) is 7.35. The van der Waals surface area contributed by atoms with Gasteiger partial charge in [0.05, 0.1) is 9.90 Å². The van der Waals surface area contributed by atoms with Gasteiger partial charge in [0.2, 0.25) is 0 Å². The molecule has 0 aliphatic heterocycles. The fraction of sp³-hybridized carbons (Fsp3) is 0.0833. The van der Waals surface area contributed by atoms with E-state index in [2.05, 4.69) is 5.43 Å². The van der Waals surface area contributed by atoms with Crippen molar-refractivity contribution in [3.63, 3.8) is 0 Å². The molecule has 0 bridgehead atoms. The number of carbonyl (C=O) groups is 1. The standard InChI is InChI=1S/C12H11ClN2OS2/c13-9-3-1-2-4-10(9)17-7-8-5-6-11(18-8)12(16)15-14/h1-6H,7,14H2,(H,15,16). The first kappa shape index (κ1) is 13.4. The molecule has 0 saturated carbocycles. The topological polar surface area (TPSA) is 55.1 Å². The molecule has 2 rings (SSSR count). The van der Waals surface area contributed by atoms with E-state index in [0.717, 1.165) is 20.5 Å². The Kier molecular flexibility index (Phi) is 4.66. The lowest BCUT2D eigenvalue weighted by Crippen LogP contribution is -2.29. The summed E-state index contributed by atoms with van der Waals surface area (Å²) < 4.78 is 0. The van der Waals surface area contributed by atoms with E-state index in [0.29, 0.717) is 4.88 Å². The normalized spacial score (nSPS) is 10.3. The summed E-state index contributed by atoms with van der Waals surface area (Å²) in [4.78, 5) is 14.1. The van der Waals surface area contributed by atoms with Crippen molar-refractivity contribution in [1.29, 1.82) is 0 Å². The third kappa shape index (κ3) is 3.26. The van der Waals surface area contributed by atoms with Crippen LogP contribution in [-0.2, 0) is 5.75 Å². The summed E-state index contributed by atoms with van der Waals surface area (Å²) in [5.41, 5.74) is 2.12. The summed E-state index contributed by atoms with van der Waals surface area (Å²) in [5.74, 6) is 5.61. The first-order chi connectivity index (χ1) is 8.70. The van der Waals surface area contributed by atoms with E-state index in [1.165, 1.54) is 11.3 Å². The van der Waals surface area contributed by atoms with Crippen molar-refractivity contribution < 1.29 is 4.79 Å². The molecule has 3 N–H and O–H groups in total. The van der Waals surface area contributed by atoms with Gasteiger partial charge < -0.3 is 0 Å². The maximum atomic E-state index is 11.3. The fourth-order valence-electron chi connectivity index (χ4n) is 1.36. The quantitative estimate of drug-likeness (QED) is 0.394. The molecule has 1 aromatic heterocycles. The number of nitrogens with two attached hydrogens (primary N) is 1. The van der Waals surface area contributed by atoms with E-state index in [4.69, 9.17) is 17.4 Å². The number of hydrogen-bond donors (Lipinski definition) is 2. The van der Waals surface area contributed by atoms with Crippen LogP contribution in [0.4, 0.5) is 0 Å². The van der Waals surface area contributed by atoms with Crippen LogP contribution in [-0.4, -0.2) is 5.91 Å². The van der Waals surface area contributed by atoms with Gasteiger partial charge in [0.25, 0.3) is 5.91 Å². The van der Waals surface area contributed by atoms with E-state index >= 15 is 0 Å². The third-order valence-electron chi connectivity index (χ3n) is 2.22. The van der Waals surface area contributed by atoms with Crippen molar-refractivity contribution in [1.82, 2.24) is 5.43 Å². The number of thiophene rings is 1. The Morgan fingerprint density at radius 2 is 2.11 bits per heavy atom. The molecule has 0 spiro atoms. The zero-order chi connectivity index (χ0) is 13.0. The molecule has 2 aromatic rings. The van der Waals surface area contributed by atoms with E-state index < -0.39 is 0 Å². The number of carbonyl (C=O) groups excluding carboxylic acids is 1. The van der Waals surface area contributed by atoms with Crippen LogP contribution in [0.3, 0.4) is 0 Å². The molecule has 0 aliphatic rings. The monoisotopic (exact) mass is 298 g/mol. The highest BCUT2D eigenvalue weighted by molar-refractivity contribution is 7.98. The van der Waals surface area contributed by atoms with E-state index in [1.54, 1.807) is 17.8 Å². The van der Waals surface area contributed by atoms with Crippen LogP contribution in [0.15, 0.2) is 41.3 Å². The molecule has 1 amide bonds. The third-order valence-corrected chi connectivity index (χ3v) is 5.05. The molecule has 18 heavy (non-hydrogen) atoms. The molecular weight excluding hydrogens is 288 g/mol. The van der Waals surface area contributed by atoms with Crippen LogP contribution in [0.1, 0.15) is 14.5 Å². The lowest BCUT2D eigenvalue weighted by molar-refractivity contribution is 0.0957. The minimum absolute atomic E-state index is 0.256. The zero-order valence-electron chi connectivity index (χ0n) is 9.35. The molecular formula is C12H11ClN2OS2. The Morgan fingerprint density at radius 1 is 1.33 bits per heavy atom. The van der Waals surface area contributed by atoms with Gasteiger partial charge in [-0.1, -0.05) is 23.7 Å². The van der Waals surface area contributed by atoms with Crippen molar-refractivity contribution in [2.75, 3.05) is 0 Å². The number of benzene rings is 1. The molecule has 0 saturated heterocycles. The lowest BCUT2D eigenvalue weighted by atomic mass is 10.4. The minimum atomic E-state index is -0.256. The van der Waals surface area contributed by atoms with Crippen LogP contribution >= 0.6 is 34.7 Å². The van der Waals surface area contributed by atoms with Gasteiger partial charge >= 0.3 is 0 Å². The zero-order valence-corrected chi connectivity index (χ0v) is 11.7. The summed E-state index contributed by atoms with van der Waals surface area (Å²) in [6, 6.07) is 11.4. The molecule has 1 heterocycles. The van der Waals surface area contributed by atoms with Gasteiger partial charge in [0, 0.05) is 15.5 Å². The van der Waals surface area contributed by atoms with Gasteiger partial charge in [-0.2, -0.15) is 0 Å². The van der Waals surface area contributed by atoms with Crippen molar-refractivity contribution in [2.24, 2.45) is 5.84 Å². The maximum Gasteiger partial charge on any atom is 0.275 e. The van der Waals surface area contributed by atoms with Crippen LogP contribution in [0.25, 0.3) is 0 Å². The second-order valence-corrected chi connectivity index (χ2v) is 6.05. The van der Waals surface area contributed by atoms with Gasteiger partial charge in [-0.25, -0.2) is 5.84 Å². The molecule has 94 valence electrons. The molecule has 0 radical (unpaired) electrons. The predicted molar refractivity (Wildman–Crippen MR) is 77.0 cm³/mol. The van der Waals surface area contributed by atoms with Crippen molar-refractivity contribution >= 4 is 40.6 Å². The number of rotatable bonds is 4. The van der Waals surface area contributed by atoms with Gasteiger partial charge in [0.1, 0.15) is 0 Å². The summed E-state index contributed by atoms with van der Waals surface area (Å²) in [5, 5.41) is 0.749. The SMILES string of the molecule is NNC(=O)c1ccc(CSc2ccccc2Cl)s1. The summed E-state index contributed by atoms with van der Waals surface area (Å²) in [6.07, 6.45) is 0. The predicted octanol–water partition coefficient (Wildman–Crippen LogP) is 3.30. The van der Waals surface area contributed by atoms with Gasteiger partial charge in [-0.3, -0.25) is 10.2 Å². The molecule has 1 aromatic carbocycles. The van der Waals surface area contributed by atoms with Crippen molar-refractivity contribution in [2.45, 2.75) is 10.6 Å². The largest absolute Gasteiger partial charge is 0.289 e. The van der Waals surface area contributed by atoms with Crippen LogP contribution in [0, 0.1) is 0 Å². The highest BCUT2D eigenvalue weighted by Crippen LogP contribution is 2.31. The van der Waals surface area contributed by atoms with E-state index in [1.807, 2.05) is 30.3 Å². The maximum absolute atomic E-state index is 11.3. The number of thioether (sulfide) groups is 1. The molecule has 0 fully saturated rings. The Labute approximate surface area is 118 Å². The molecule has 0 unspecified atom stereocenters. The second-order valence-electron chi connectivity index (χ2n) is 3.46. The van der Waals surface area contributed by atoms with E-state index in [9.17, 15) is 4.79 Å². The van der Waals surface area contributed by atoms with Crippen LogP contribution in [0.5, 0.6) is 0 Å². The van der Waals surface area contributed by atoms with Crippen LogP contribution in [0.2, 0.25) is 5.02 Å². The van der Waals surface area contributed by atoms with Gasteiger partial charge in [0.15, 0.2) is 0 Å². The Morgan fingerprint density at radius 3 is 2.83 bits per heavy atom. The van der Waals surface area contributed by atoms with Crippen molar-refractivity contribution in [3.05, 3.63) is 51.2 Å². The highest BCUT2D eigenvalue weighted by atomic mass is 35.5. The number of hydrogen-bond acceptors (Lipinski definition) is 4. The first-order valence-electron chi connectivity index (χ1n) is 5.17. The Bertz CT molecular complexity index is 557. The summed E-state index contributed by atoms with van der Waals surface area (Å²) >= 11 is 9.15. The van der Waals surface area contributed by atoms with Crippen molar-refractivity contribution in [3.8, 4) is 0 Å². The number of amides is 1. The van der Waals surface area contributed by atoms with Crippen LogP contribution < -0.4 is 11.3 Å². The Balaban J connectivity index is 2.01. The number of hydrazine groups is 1. The second kappa shape index (κ2) is 6.24. The lowest BCUT2D eigenvalue weighted by Gasteiger charge is -2.01. The minimum Gasteiger partial charge on any atom is -0.289 e. The summed E-state index contributed by atoms with van der Waals surface area (Å²) in [7, 11) is 0. The molecule has 0 aliphatic carbocycles. The fourth-order valence-corrected chi connectivity index (χ4v) is 3.55. The molecule has 0 atom stereocenters. The molecule has 3 nitrogen and oxygen atoms in total.